The lowest BCUT2D eigenvalue weighted by Crippen LogP contribution is -2.41. The van der Waals surface area contributed by atoms with Crippen LogP contribution in [0.1, 0.15) is 12.0 Å². The Hall–Kier alpha value is -1.00. The van der Waals surface area contributed by atoms with Gasteiger partial charge in [-0.3, -0.25) is 4.79 Å². The van der Waals surface area contributed by atoms with Crippen molar-refractivity contribution in [3.8, 4) is 0 Å². The zero-order valence-corrected chi connectivity index (χ0v) is 11.2. The fourth-order valence-corrected chi connectivity index (χ4v) is 2.08. The second-order valence-electron chi connectivity index (χ2n) is 4.07. The van der Waals surface area contributed by atoms with E-state index in [1.54, 1.807) is 23.7 Å². The molecule has 1 rings (SSSR count). The lowest BCUT2D eigenvalue weighted by molar-refractivity contribution is -0.131. The van der Waals surface area contributed by atoms with Gasteiger partial charge in [-0.1, -0.05) is 30.3 Å². The summed E-state index contributed by atoms with van der Waals surface area (Å²) >= 11 is 1.71. The topological polar surface area (TPSA) is 46.3 Å². The molecule has 0 fully saturated rings. The number of carbonyl (C=O) groups is 1. The third-order valence-corrected chi connectivity index (χ3v) is 3.23. The van der Waals surface area contributed by atoms with Crippen molar-refractivity contribution in [2.75, 3.05) is 19.1 Å². The number of benzene rings is 1. The van der Waals surface area contributed by atoms with Gasteiger partial charge in [-0.2, -0.15) is 11.8 Å². The molecule has 1 aromatic rings. The van der Waals surface area contributed by atoms with Gasteiger partial charge in [0, 0.05) is 13.6 Å². The van der Waals surface area contributed by atoms with E-state index in [9.17, 15) is 4.79 Å². The number of nitrogens with zero attached hydrogens (tertiary/aromatic N) is 1. The van der Waals surface area contributed by atoms with Gasteiger partial charge in [-0.05, 0) is 24.0 Å². The minimum absolute atomic E-state index is 0.0166. The first-order valence-corrected chi connectivity index (χ1v) is 7.08. The van der Waals surface area contributed by atoms with Crippen LogP contribution in [0.15, 0.2) is 30.3 Å². The molecule has 2 N–H and O–H groups in total. The molecule has 94 valence electrons. The van der Waals surface area contributed by atoms with Gasteiger partial charge in [0.05, 0.1) is 6.04 Å². The average Bonchev–Trinajstić information content (AvgIpc) is 2.36. The molecule has 0 aliphatic carbocycles. The van der Waals surface area contributed by atoms with Crippen molar-refractivity contribution >= 4 is 17.7 Å². The van der Waals surface area contributed by atoms with Crippen LogP contribution >= 0.6 is 11.8 Å². The van der Waals surface area contributed by atoms with Crippen molar-refractivity contribution < 1.29 is 4.79 Å². The van der Waals surface area contributed by atoms with E-state index in [-0.39, 0.29) is 11.9 Å². The molecular formula is C13H20N2OS. The van der Waals surface area contributed by atoms with E-state index in [0.717, 1.165) is 17.7 Å². The normalized spacial score (nSPS) is 12.2. The molecule has 0 saturated heterocycles. The Balaban J connectivity index is 2.47. The molecule has 0 radical (unpaired) electrons. The predicted octanol–water partition coefficient (Wildman–Crippen LogP) is 1.73. The SMILES string of the molecule is CSCC[C@H](N)C(=O)N(C)Cc1ccccc1. The minimum atomic E-state index is -0.379. The van der Waals surface area contributed by atoms with Gasteiger partial charge in [-0.25, -0.2) is 0 Å². The van der Waals surface area contributed by atoms with E-state index in [1.807, 2.05) is 36.6 Å². The van der Waals surface area contributed by atoms with Crippen molar-refractivity contribution in [2.45, 2.75) is 19.0 Å². The van der Waals surface area contributed by atoms with Crippen LogP contribution in [-0.4, -0.2) is 35.9 Å². The van der Waals surface area contributed by atoms with Crippen LogP contribution in [0, 0.1) is 0 Å². The zero-order chi connectivity index (χ0) is 12.7. The van der Waals surface area contributed by atoms with Crippen LogP contribution in [0.4, 0.5) is 0 Å². The lowest BCUT2D eigenvalue weighted by Gasteiger charge is -2.21. The maximum atomic E-state index is 11.9. The Labute approximate surface area is 107 Å². The highest BCUT2D eigenvalue weighted by Crippen LogP contribution is 2.06. The Morgan fingerprint density at radius 2 is 2.06 bits per heavy atom. The number of nitrogens with two attached hydrogens (primary N) is 1. The standard InChI is InChI=1S/C13H20N2OS/c1-15(10-11-6-4-3-5-7-11)13(16)12(14)8-9-17-2/h3-7,12H,8-10,14H2,1-2H3/t12-/m0/s1. The van der Waals surface area contributed by atoms with Gasteiger partial charge in [0.2, 0.25) is 5.91 Å². The Bertz CT molecular complexity index is 343. The van der Waals surface area contributed by atoms with E-state index in [4.69, 9.17) is 5.73 Å². The second kappa shape index (κ2) is 7.35. The quantitative estimate of drug-likeness (QED) is 0.838. The molecule has 1 atom stereocenters. The molecule has 17 heavy (non-hydrogen) atoms. The molecule has 4 heteroatoms. The fraction of sp³-hybridized carbons (Fsp3) is 0.462. The molecule has 0 spiro atoms. The van der Waals surface area contributed by atoms with Crippen LogP contribution < -0.4 is 5.73 Å². The summed E-state index contributed by atoms with van der Waals surface area (Å²) in [5, 5.41) is 0. The fourth-order valence-electron chi connectivity index (χ4n) is 1.59. The molecule has 0 aromatic heterocycles. The summed E-state index contributed by atoms with van der Waals surface area (Å²) in [6, 6.07) is 9.56. The molecule has 0 bridgehead atoms. The number of rotatable bonds is 6. The highest BCUT2D eigenvalue weighted by Gasteiger charge is 2.17. The molecule has 0 heterocycles. The highest BCUT2D eigenvalue weighted by molar-refractivity contribution is 7.98. The summed E-state index contributed by atoms with van der Waals surface area (Å²) in [4.78, 5) is 13.6. The third-order valence-electron chi connectivity index (χ3n) is 2.59. The van der Waals surface area contributed by atoms with Crippen LogP contribution in [0.3, 0.4) is 0 Å². The van der Waals surface area contributed by atoms with E-state index < -0.39 is 0 Å². The van der Waals surface area contributed by atoms with Gasteiger partial charge in [-0.15, -0.1) is 0 Å². The van der Waals surface area contributed by atoms with Gasteiger partial charge in [0.15, 0.2) is 0 Å². The molecule has 3 nitrogen and oxygen atoms in total. The first-order chi connectivity index (χ1) is 8.15. The Morgan fingerprint density at radius 3 is 2.65 bits per heavy atom. The number of thioether (sulfide) groups is 1. The zero-order valence-electron chi connectivity index (χ0n) is 10.4. The van der Waals surface area contributed by atoms with Gasteiger partial charge >= 0.3 is 0 Å². The molecule has 0 aliphatic rings. The lowest BCUT2D eigenvalue weighted by atomic mass is 10.2. The minimum Gasteiger partial charge on any atom is -0.340 e. The highest BCUT2D eigenvalue weighted by atomic mass is 32.2. The van der Waals surface area contributed by atoms with Crippen molar-refractivity contribution in [1.29, 1.82) is 0 Å². The number of amides is 1. The molecule has 0 saturated carbocycles. The van der Waals surface area contributed by atoms with Gasteiger partial charge in [0.25, 0.3) is 0 Å². The molecule has 0 aliphatic heterocycles. The smallest absolute Gasteiger partial charge is 0.239 e. The summed E-state index contributed by atoms with van der Waals surface area (Å²) in [7, 11) is 1.80. The van der Waals surface area contributed by atoms with Crippen LogP contribution in [-0.2, 0) is 11.3 Å². The summed E-state index contributed by atoms with van der Waals surface area (Å²) in [5.74, 6) is 0.939. The van der Waals surface area contributed by atoms with E-state index in [1.165, 1.54) is 0 Å². The van der Waals surface area contributed by atoms with Gasteiger partial charge in [0.1, 0.15) is 0 Å². The van der Waals surface area contributed by atoms with Crippen molar-refractivity contribution in [3.05, 3.63) is 35.9 Å². The average molecular weight is 252 g/mol. The number of likely N-dealkylation sites (N-methyl/N-ethyl adjacent to an activating group) is 1. The summed E-state index contributed by atoms with van der Waals surface area (Å²) in [5.41, 5.74) is 6.98. The van der Waals surface area contributed by atoms with E-state index in [2.05, 4.69) is 0 Å². The number of hydrogen-bond acceptors (Lipinski definition) is 3. The van der Waals surface area contributed by atoms with Crippen molar-refractivity contribution in [3.63, 3.8) is 0 Å². The second-order valence-corrected chi connectivity index (χ2v) is 5.05. The van der Waals surface area contributed by atoms with Crippen LogP contribution in [0.25, 0.3) is 0 Å². The molecule has 1 aromatic carbocycles. The molecular weight excluding hydrogens is 232 g/mol. The summed E-state index contributed by atoms with van der Waals surface area (Å²) in [6.45, 7) is 0.618. The predicted molar refractivity (Wildman–Crippen MR) is 73.9 cm³/mol. The Kier molecular flexibility index (Phi) is 6.08. The molecule has 0 unspecified atom stereocenters. The first-order valence-electron chi connectivity index (χ1n) is 5.68. The maximum absolute atomic E-state index is 11.9. The van der Waals surface area contributed by atoms with E-state index in [0.29, 0.717) is 6.54 Å². The number of hydrogen-bond donors (Lipinski definition) is 1. The van der Waals surface area contributed by atoms with Crippen molar-refractivity contribution in [2.24, 2.45) is 5.73 Å². The van der Waals surface area contributed by atoms with Crippen LogP contribution in [0.5, 0.6) is 0 Å². The summed E-state index contributed by atoms with van der Waals surface area (Å²) in [6.07, 6.45) is 2.75. The monoisotopic (exact) mass is 252 g/mol. The maximum Gasteiger partial charge on any atom is 0.239 e. The summed E-state index contributed by atoms with van der Waals surface area (Å²) < 4.78 is 0. The third kappa shape index (κ3) is 4.79. The number of carbonyl (C=O) groups excluding carboxylic acids is 1. The molecule has 1 amide bonds. The van der Waals surface area contributed by atoms with Crippen LogP contribution in [0.2, 0.25) is 0 Å². The first kappa shape index (κ1) is 14.1. The van der Waals surface area contributed by atoms with E-state index >= 15 is 0 Å². The van der Waals surface area contributed by atoms with Gasteiger partial charge < -0.3 is 10.6 Å². The largest absolute Gasteiger partial charge is 0.340 e. The Morgan fingerprint density at radius 1 is 1.41 bits per heavy atom. The van der Waals surface area contributed by atoms with Crippen molar-refractivity contribution in [1.82, 2.24) is 4.90 Å².